The molecule has 0 spiro atoms. The molecule has 6 heteroatoms. The second kappa shape index (κ2) is 6.04. The summed E-state index contributed by atoms with van der Waals surface area (Å²) in [6.45, 7) is 6.60. The highest BCUT2D eigenvalue weighted by Crippen LogP contribution is 2.34. The van der Waals surface area contributed by atoms with Crippen LogP contribution in [0.1, 0.15) is 41.6 Å². The topological polar surface area (TPSA) is 59.0 Å². The molecule has 2 aromatic rings. The lowest BCUT2D eigenvalue weighted by Crippen LogP contribution is -2.36. The number of pyridine rings is 1. The molecule has 0 atom stereocenters. The normalized spacial score (nSPS) is 14.1. The maximum atomic E-state index is 13.0. The van der Waals surface area contributed by atoms with Gasteiger partial charge >= 0.3 is 0 Å². The number of nitrogens with zero attached hydrogens (tertiary/aromatic N) is 4. The molecule has 0 N–H and O–H groups in total. The molecule has 0 radical (unpaired) electrons. The minimum absolute atomic E-state index is 0.0433. The molecule has 0 bridgehead atoms. The lowest BCUT2D eigenvalue weighted by atomic mass is 10.0. The van der Waals surface area contributed by atoms with Crippen molar-refractivity contribution in [2.75, 3.05) is 17.2 Å². The second-order valence-electron chi connectivity index (χ2n) is 5.52. The van der Waals surface area contributed by atoms with E-state index in [2.05, 4.69) is 15.0 Å². The van der Waals surface area contributed by atoms with Gasteiger partial charge in [-0.25, -0.2) is 9.97 Å². The summed E-state index contributed by atoms with van der Waals surface area (Å²) in [4.78, 5) is 28.7. The fraction of sp³-hybridized carbons (Fsp3) is 0.375. The van der Waals surface area contributed by atoms with Gasteiger partial charge in [-0.05, 0) is 18.9 Å². The molecule has 3 heterocycles. The van der Waals surface area contributed by atoms with E-state index in [1.807, 2.05) is 26.8 Å². The van der Waals surface area contributed by atoms with Crippen molar-refractivity contribution < 1.29 is 4.79 Å². The molecule has 0 fully saturated rings. The Morgan fingerprint density at radius 1 is 1.36 bits per heavy atom. The molecule has 5 nitrogen and oxygen atoms in total. The van der Waals surface area contributed by atoms with Crippen molar-refractivity contribution in [1.82, 2.24) is 15.0 Å². The number of thioether (sulfide) groups is 1. The van der Waals surface area contributed by atoms with Crippen LogP contribution in [0, 0.1) is 6.92 Å². The fourth-order valence-electron chi connectivity index (χ4n) is 2.51. The largest absolute Gasteiger partial charge is 0.305 e. The molecular weight excluding hydrogens is 296 g/mol. The number of anilines is 1. The number of aryl methyl sites for hydroxylation is 1. The lowest BCUT2D eigenvalue weighted by Gasteiger charge is -2.29. The van der Waals surface area contributed by atoms with Gasteiger partial charge in [-0.2, -0.15) is 0 Å². The van der Waals surface area contributed by atoms with Crippen LogP contribution in [0.25, 0.3) is 0 Å². The standard InChI is InChI=1S/C16H18N4OS/c1-10(2)15-12(8-18-11(3)19-15)16(21)20-6-7-22-14-4-5-17-9-13(14)20/h4-5,8-10H,6-7H2,1-3H3. The van der Waals surface area contributed by atoms with E-state index in [1.54, 1.807) is 35.3 Å². The zero-order valence-corrected chi connectivity index (χ0v) is 13.7. The molecular formula is C16H18N4OS. The summed E-state index contributed by atoms with van der Waals surface area (Å²) in [7, 11) is 0. The van der Waals surface area contributed by atoms with Gasteiger partial charge in [0.05, 0.1) is 23.1 Å². The molecule has 0 saturated carbocycles. The van der Waals surface area contributed by atoms with Crippen molar-refractivity contribution >= 4 is 23.4 Å². The number of aromatic nitrogens is 3. The summed E-state index contributed by atoms with van der Waals surface area (Å²) in [5.41, 5.74) is 2.27. The monoisotopic (exact) mass is 314 g/mol. The maximum Gasteiger partial charge on any atom is 0.261 e. The lowest BCUT2D eigenvalue weighted by molar-refractivity contribution is 0.0985. The molecule has 3 rings (SSSR count). The maximum absolute atomic E-state index is 13.0. The van der Waals surface area contributed by atoms with E-state index in [-0.39, 0.29) is 11.8 Å². The van der Waals surface area contributed by atoms with Gasteiger partial charge in [0.25, 0.3) is 5.91 Å². The summed E-state index contributed by atoms with van der Waals surface area (Å²) in [5.74, 6) is 1.70. The molecule has 22 heavy (non-hydrogen) atoms. The first-order valence-corrected chi connectivity index (χ1v) is 8.28. The number of hydrogen-bond donors (Lipinski definition) is 0. The molecule has 0 unspecified atom stereocenters. The molecule has 1 aliphatic rings. The molecule has 1 aliphatic heterocycles. The Bertz CT molecular complexity index is 717. The van der Waals surface area contributed by atoms with Gasteiger partial charge in [0.1, 0.15) is 5.82 Å². The molecule has 0 aliphatic carbocycles. The van der Waals surface area contributed by atoms with E-state index in [9.17, 15) is 4.79 Å². The Balaban J connectivity index is 2.03. The van der Waals surface area contributed by atoms with Gasteiger partial charge in [-0.15, -0.1) is 11.8 Å². The van der Waals surface area contributed by atoms with Crippen molar-refractivity contribution in [2.45, 2.75) is 31.6 Å². The number of carbonyl (C=O) groups excluding carboxylic acids is 1. The van der Waals surface area contributed by atoms with Crippen molar-refractivity contribution in [3.63, 3.8) is 0 Å². The highest BCUT2D eigenvalue weighted by Gasteiger charge is 2.27. The van der Waals surface area contributed by atoms with E-state index in [0.717, 1.165) is 22.0 Å². The quantitative estimate of drug-likeness (QED) is 0.852. The Morgan fingerprint density at radius 3 is 2.95 bits per heavy atom. The minimum Gasteiger partial charge on any atom is -0.305 e. The molecule has 0 aromatic carbocycles. The average molecular weight is 314 g/mol. The average Bonchev–Trinajstić information content (AvgIpc) is 2.53. The zero-order chi connectivity index (χ0) is 15.7. The van der Waals surface area contributed by atoms with Gasteiger partial charge in [-0.1, -0.05) is 13.8 Å². The predicted molar refractivity (Wildman–Crippen MR) is 87.5 cm³/mol. The van der Waals surface area contributed by atoms with Crippen molar-refractivity contribution in [1.29, 1.82) is 0 Å². The van der Waals surface area contributed by atoms with Crippen LogP contribution in [0.15, 0.2) is 29.6 Å². The zero-order valence-electron chi connectivity index (χ0n) is 12.9. The molecule has 2 aromatic heterocycles. The van der Waals surface area contributed by atoms with Crippen molar-refractivity contribution in [3.05, 3.63) is 41.7 Å². The van der Waals surface area contributed by atoms with Crippen LogP contribution in [-0.4, -0.2) is 33.2 Å². The first kappa shape index (κ1) is 15.0. The summed E-state index contributed by atoms with van der Waals surface area (Å²) in [6.07, 6.45) is 5.16. The summed E-state index contributed by atoms with van der Waals surface area (Å²) in [5, 5.41) is 0. The van der Waals surface area contributed by atoms with E-state index >= 15 is 0 Å². The van der Waals surface area contributed by atoms with Crippen LogP contribution < -0.4 is 4.90 Å². The SMILES string of the molecule is Cc1ncc(C(=O)N2CCSc3ccncc32)c(C(C)C)n1. The van der Waals surface area contributed by atoms with Crippen LogP contribution in [0.5, 0.6) is 0 Å². The first-order valence-electron chi connectivity index (χ1n) is 7.30. The van der Waals surface area contributed by atoms with Gasteiger partial charge in [0.2, 0.25) is 0 Å². The summed E-state index contributed by atoms with van der Waals surface area (Å²) in [6, 6.07) is 1.95. The molecule has 114 valence electrons. The highest BCUT2D eigenvalue weighted by molar-refractivity contribution is 7.99. The van der Waals surface area contributed by atoms with Crippen LogP contribution in [0.3, 0.4) is 0 Å². The third kappa shape index (κ3) is 2.70. The number of carbonyl (C=O) groups is 1. The van der Waals surface area contributed by atoms with Gasteiger partial charge in [-0.3, -0.25) is 9.78 Å². The van der Waals surface area contributed by atoms with Gasteiger partial charge < -0.3 is 4.90 Å². The number of fused-ring (bicyclic) bond motifs is 1. The number of rotatable bonds is 2. The van der Waals surface area contributed by atoms with Gasteiger partial charge in [0.15, 0.2) is 0 Å². The number of amides is 1. The summed E-state index contributed by atoms with van der Waals surface area (Å²) < 4.78 is 0. The fourth-order valence-corrected chi connectivity index (χ4v) is 3.48. The van der Waals surface area contributed by atoms with Crippen molar-refractivity contribution in [2.24, 2.45) is 0 Å². The van der Waals surface area contributed by atoms with Gasteiger partial charge in [0, 0.05) is 29.6 Å². The van der Waals surface area contributed by atoms with E-state index < -0.39 is 0 Å². The third-order valence-corrected chi connectivity index (χ3v) is 4.63. The third-order valence-electron chi connectivity index (χ3n) is 3.59. The minimum atomic E-state index is -0.0433. The van der Waals surface area contributed by atoms with Crippen LogP contribution >= 0.6 is 11.8 Å². The molecule has 0 saturated heterocycles. The highest BCUT2D eigenvalue weighted by atomic mass is 32.2. The first-order chi connectivity index (χ1) is 10.6. The Hall–Kier alpha value is -1.95. The molecule has 1 amide bonds. The van der Waals surface area contributed by atoms with E-state index in [4.69, 9.17) is 0 Å². The number of hydrogen-bond acceptors (Lipinski definition) is 5. The van der Waals surface area contributed by atoms with Crippen LogP contribution in [-0.2, 0) is 0 Å². The Kier molecular flexibility index (Phi) is 4.11. The Morgan fingerprint density at radius 2 is 2.18 bits per heavy atom. The summed E-state index contributed by atoms with van der Waals surface area (Å²) >= 11 is 1.75. The van der Waals surface area contributed by atoms with Crippen LogP contribution in [0.2, 0.25) is 0 Å². The van der Waals surface area contributed by atoms with Crippen molar-refractivity contribution in [3.8, 4) is 0 Å². The Labute approximate surface area is 134 Å². The van der Waals surface area contributed by atoms with E-state index in [0.29, 0.717) is 17.9 Å². The van der Waals surface area contributed by atoms with E-state index in [1.165, 1.54) is 0 Å². The smallest absolute Gasteiger partial charge is 0.261 e. The second-order valence-corrected chi connectivity index (χ2v) is 6.66. The predicted octanol–water partition coefficient (Wildman–Crippen LogP) is 3.06. The van der Waals surface area contributed by atoms with Crippen LogP contribution in [0.4, 0.5) is 5.69 Å².